The quantitative estimate of drug-likeness (QED) is 0.902. The largest absolute Gasteiger partial charge is 0.491 e. The number of aliphatic hydroxyl groups excluding tert-OH is 1. The Morgan fingerprint density at radius 1 is 1.17 bits per heavy atom. The Kier molecular flexibility index (Phi) is 4.56. The third-order valence-electron chi connectivity index (χ3n) is 2.61. The molecule has 4 heteroatoms. The van der Waals surface area contributed by atoms with Crippen LogP contribution in [0.3, 0.4) is 0 Å². The normalized spacial score (nSPS) is 10.3. The molecule has 1 aromatic heterocycles. The molecule has 0 spiro atoms. The molecule has 0 fully saturated rings. The lowest BCUT2D eigenvalue weighted by molar-refractivity contribution is 0.264. The molecule has 0 atom stereocenters. The molecular weight excluding hydrogens is 250 g/mol. The minimum absolute atomic E-state index is 0.0782. The van der Waals surface area contributed by atoms with Crippen LogP contribution in [0.4, 0.5) is 0 Å². The molecule has 1 N–H and O–H groups in total. The molecule has 0 aliphatic rings. The number of hydrogen-bond acceptors (Lipinski definition) is 3. The lowest BCUT2D eigenvalue weighted by atomic mass is 10.2. The fraction of sp³-hybridized carbons (Fsp3) is 0.214. The fourth-order valence-electron chi connectivity index (χ4n) is 1.66. The van der Waals surface area contributed by atoms with Gasteiger partial charge in [-0.3, -0.25) is 4.98 Å². The Hall–Kier alpha value is -1.58. The van der Waals surface area contributed by atoms with Gasteiger partial charge in [-0.05, 0) is 23.8 Å². The van der Waals surface area contributed by atoms with Crippen molar-refractivity contribution in [3.8, 4) is 5.75 Å². The van der Waals surface area contributed by atoms with Crippen LogP contribution in [0.5, 0.6) is 5.75 Å². The van der Waals surface area contributed by atoms with E-state index in [0.29, 0.717) is 22.9 Å². The van der Waals surface area contributed by atoms with E-state index in [1.54, 1.807) is 30.6 Å². The summed E-state index contributed by atoms with van der Waals surface area (Å²) >= 11 is 6.04. The van der Waals surface area contributed by atoms with Crippen LogP contribution >= 0.6 is 11.6 Å². The van der Waals surface area contributed by atoms with Gasteiger partial charge in [-0.15, -0.1) is 0 Å². The molecule has 0 unspecified atom stereocenters. The molecule has 1 heterocycles. The van der Waals surface area contributed by atoms with E-state index in [0.717, 1.165) is 12.0 Å². The first-order valence-corrected chi connectivity index (χ1v) is 6.09. The highest BCUT2D eigenvalue weighted by Gasteiger charge is 2.07. The van der Waals surface area contributed by atoms with Crippen LogP contribution in [-0.2, 0) is 13.0 Å². The molecule has 0 aliphatic carbocycles. The summed E-state index contributed by atoms with van der Waals surface area (Å²) in [5.41, 5.74) is 1.86. The van der Waals surface area contributed by atoms with E-state index in [4.69, 9.17) is 16.3 Å². The number of hydrogen-bond donors (Lipinski definition) is 1. The minimum Gasteiger partial charge on any atom is -0.491 e. The molecule has 18 heavy (non-hydrogen) atoms. The highest BCUT2D eigenvalue weighted by molar-refractivity contribution is 6.32. The Morgan fingerprint density at radius 3 is 2.67 bits per heavy atom. The number of aromatic nitrogens is 1. The fourth-order valence-corrected chi connectivity index (χ4v) is 1.91. The van der Waals surface area contributed by atoms with Crippen molar-refractivity contribution in [2.75, 3.05) is 6.61 Å². The third kappa shape index (κ3) is 3.22. The van der Waals surface area contributed by atoms with E-state index in [2.05, 4.69) is 4.98 Å². The Morgan fingerprint density at radius 2 is 1.94 bits per heavy atom. The summed E-state index contributed by atoms with van der Waals surface area (Å²) < 4.78 is 5.65. The van der Waals surface area contributed by atoms with Gasteiger partial charge in [-0.1, -0.05) is 23.7 Å². The number of para-hydroxylation sites is 1. The average molecular weight is 264 g/mol. The summed E-state index contributed by atoms with van der Waals surface area (Å²) in [7, 11) is 0. The second-order valence-corrected chi connectivity index (χ2v) is 4.25. The maximum Gasteiger partial charge on any atom is 0.143 e. The van der Waals surface area contributed by atoms with Crippen LogP contribution in [0.15, 0.2) is 42.7 Å². The molecule has 1 aromatic carbocycles. The van der Waals surface area contributed by atoms with Gasteiger partial charge >= 0.3 is 0 Å². The van der Waals surface area contributed by atoms with Gasteiger partial charge in [-0.25, -0.2) is 0 Å². The van der Waals surface area contributed by atoms with Gasteiger partial charge in [0.1, 0.15) is 5.75 Å². The molecule has 0 bridgehead atoms. The summed E-state index contributed by atoms with van der Waals surface area (Å²) in [5, 5.41) is 9.74. The molecule has 0 amide bonds. The summed E-state index contributed by atoms with van der Waals surface area (Å²) in [4.78, 5) is 3.96. The van der Waals surface area contributed by atoms with Crippen molar-refractivity contribution in [2.45, 2.75) is 13.0 Å². The van der Waals surface area contributed by atoms with Gasteiger partial charge < -0.3 is 9.84 Å². The average Bonchev–Trinajstić information content (AvgIpc) is 2.41. The van der Waals surface area contributed by atoms with E-state index in [1.807, 2.05) is 12.1 Å². The van der Waals surface area contributed by atoms with Crippen LogP contribution in [0.25, 0.3) is 0 Å². The second-order valence-electron chi connectivity index (χ2n) is 3.84. The molecule has 0 saturated heterocycles. The highest BCUT2D eigenvalue weighted by Crippen LogP contribution is 2.28. The molecule has 0 saturated carbocycles. The van der Waals surface area contributed by atoms with Crippen LogP contribution in [-0.4, -0.2) is 16.7 Å². The van der Waals surface area contributed by atoms with E-state index in [9.17, 15) is 5.11 Å². The van der Waals surface area contributed by atoms with Crippen LogP contribution in [0, 0.1) is 0 Å². The van der Waals surface area contributed by atoms with Gasteiger partial charge in [0.15, 0.2) is 0 Å². The SMILES string of the molecule is OCc1cccc(Cl)c1OCCc1ccncc1. The Bertz CT molecular complexity index is 502. The molecule has 2 aromatic rings. The third-order valence-corrected chi connectivity index (χ3v) is 2.90. The summed E-state index contributed by atoms with van der Waals surface area (Å²) in [6, 6.07) is 9.24. The number of halogens is 1. The van der Waals surface area contributed by atoms with E-state index in [1.165, 1.54) is 0 Å². The summed E-state index contributed by atoms with van der Waals surface area (Å²) in [5.74, 6) is 0.565. The standard InChI is InChI=1S/C14H14ClNO2/c15-13-3-1-2-12(10-17)14(13)18-9-6-11-4-7-16-8-5-11/h1-5,7-8,17H,6,9-10H2. The van der Waals surface area contributed by atoms with E-state index < -0.39 is 0 Å². The molecular formula is C14H14ClNO2. The maximum atomic E-state index is 9.21. The zero-order valence-corrected chi connectivity index (χ0v) is 10.6. The van der Waals surface area contributed by atoms with Crippen molar-refractivity contribution >= 4 is 11.6 Å². The predicted molar refractivity (Wildman–Crippen MR) is 70.8 cm³/mol. The topological polar surface area (TPSA) is 42.4 Å². The second kappa shape index (κ2) is 6.38. The number of aliphatic hydroxyl groups is 1. The van der Waals surface area contributed by atoms with Gasteiger partial charge in [0, 0.05) is 24.4 Å². The zero-order chi connectivity index (χ0) is 12.8. The molecule has 0 radical (unpaired) electrons. The monoisotopic (exact) mass is 263 g/mol. The first-order chi connectivity index (χ1) is 8.81. The molecule has 2 rings (SSSR count). The van der Waals surface area contributed by atoms with Gasteiger partial charge in [0.05, 0.1) is 18.2 Å². The van der Waals surface area contributed by atoms with Crippen molar-refractivity contribution in [2.24, 2.45) is 0 Å². The highest BCUT2D eigenvalue weighted by atomic mass is 35.5. The lowest BCUT2D eigenvalue weighted by Crippen LogP contribution is -2.04. The molecule has 94 valence electrons. The number of benzene rings is 1. The van der Waals surface area contributed by atoms with Crippen molar-refractivity contribution in [1.82, 2.24) is 4.98 Å². The predicted octanol–water partition coefficient (Wildman–Crippen LogP) is 2.85. The number of rotatable bonds is 5. The Labute approximate surface area is 111 Å². The maximum absolute atomic E-state index is 9.21. The summed E-state index contributed by atoms with van der Waals surface area (Å²) in [6.07, 6.45) is 4.28. The number of ether oxygens (including phenoxy) is 1. The van der Waals surface area contributed by atoms with Crippen molar-refractivity contribution in [3.05, 3.63) is 58.9 Å². The summed E-state index contributed by atoms with van der Waals surface area (Å²) in [6.45, 7) is 0.436. The number of nitrogens with zero attached hydrogens (tertiary/aromatic N) is 1. The first-order valence-electron chi connectivity index (χ1n) is 5.71. The molecule has 0 aliphatic heterocycles. The Balaban J connectivity index is 1.98. The van der Waals surface area contributed by atoms with Crippen molar-refractivity contribution in [3.63, 3.8) is 0 Å². The molecule has 3 nitrogen and oxygen atoms in total. The minimum atomic E-state index is -0.0782. The van der Waals surface area contributed by atoms with Crippen LogP contribution in [0.1, 0.15) is 11.1 Å². The first kappa shape index (κ1) is 12.9. The van der Waals surface area contributed by atoms with E-state index >= 15 is 0 Å². The lowest BCUT2D eigenvalue weighted by Gasteiger charge is -2.11. The van der Waals surface area contributed by atoms with Crippen molar-refractivity contribution < 1.29 is 9.84 Å². The van der Waals surface area contributed by atoms with Crippen LogP contribution in [0.2, 0.25) is 5.02 Å². The van der Waals surface area contributed by atoms with Gasteiger partial charge in [0.2, 0.25) is 0 Å². The van der Waals surface area contributed by atoms with E-state index in [-0.39, 0.29) is 6.61 Å². The number of pyridine rings is 1. The smallest absolute Gasteiger partial charge is 0.143 e. The zero-order valence-electron chi connectivity index (χ0n) is 9.84. The van der Waals surface area contributed by atoms with Gasteiger partial charge in [0.25, 0.3) is 0 Å². The van der Waals surface area contributed by atoms with Gasteiger partial charge in [-0.2, -0.15) is 0 Å². The van der Waals surface area contributed by atoms with Crippen molar-refractivity contribution in [1.29, 1.82) is 0 Å². The van der Waals surface area contributed by atoms with Crippen LogP contribution < -0.4 is 4.74 Å².